The summed E-state index contributed by atoms with van der Waals surface area (Å²) in [6, 6.07) is 13.3. The van der Waals surface area contributed by atoms with Gasteiger partial charge in [-0.2, -0.15) is 0 Å². The number of likely N-dealkylation sites (N-methyl/N-ethyl adjacent to an activating group) is 1. The van der Waals surface area contributed by atoms with E-state index in [1.165, 1.54) is 29.8 Å². The van der Waals surface area contributed by atoms with Crippen LogP contribution in [0.15, 0.2) is 48.5 Å². The zero-order valence-electron chi connectivity index (χ0n) is 16.2. The highest BCUT2D eigenvalue weighted by Crippen LogP contribution is 2.23. The topological polar surface area (TPSA) is 61.4 Å². The zero-order valence-corrected chi connectivity index (χ0v) is 16.2. The van der Waals surface area contributed by atoms with E-state index in [4.69, 9.17) is 0 Å². The Morgan fingerprint density at radius 2 is 1.26 bits per heavy atom. The first kappa shape index (κ1) is 20.6. The van der Waals surface area contributed by atoms with Gasteiger partial charge in [-0.1, -0.05) is 32.9 Å². The summed E-state index contributed by atoms with van der Waals surface area (Å²) in [6.45, 7) is 6.53. The number of benzene rings is 2. The molecule has 144 valence electrons. The molecule has 0 aliphatic heterocycles. The van der Waals surface area contributed by atoms with Crippen molar-refractivity contribution in [3.63, 3.8) is 0 Å². The Labute approximate surface area is 159 Å². The number of carbonyl (C=O) groups excluding carboxylic acids is 2. The van der Waals surface area contributed by atoms with Crippen LogP contribution >= 0.6 is 0 Å². The molecule has 2 rings (SSSR count). The van der Waals surface area contributed by atoms with Crippen LogP contribution in [0.1, 0.15) is 26.3 Å². The summed E-state index contributed by atoms with van der Waals surface area (Å²) in [6.07, 6.45) is 0. The van der Waals surface area contributed by atoms with Crippen molar-refractivity contribution in [3.05, 3.63) is 59.9 Å². The molecule has 0 heterocycles. The molecule has 0 atom stereocenters. The Morgan fingerprint density at radius 1 is 0.852 bits per heavy atom. The minimum Gasteiger partial charge on any atom is -0.325 e. The predicted octanol–water partition coefficient (Wildman–Crippen LogP) is 3.63. The van der Waals surface area contributed by atoms with Gasteiger partial charge in [-0.25, -0.2) is 4.39 Å². The summed E-state index contributed by atoms with van der Waals surface area (Å²) in [5.41, 5.74) is 2.48. The van der Waals surface area contributed by atoms with E-state index in [1.54, 1.807) is 11.9 Å². The third kappa shape index (κ3) is 6.83. The molecule has 2 aromatic carbocycles. The second-order valence-electron chi connectivity index (χ2n) is 7.60. The molecule has 2 aromatic rings. The van der Waals surface area contributed by atoms with Gasteiger partial charge in [-0.15, -0.1) is 0 Å². The van der Waals surface area contributed by atoms with Crippen LogP contribution in [0.4, 0.5) is 15.8 Å². The van der Waals surface area contributed by atoms with Crippen LogP contribution in [0, 0.1) is 5.82 Å². The molecule has 0 bridgehead atoms. The van der Waals surface area contributed by atoms with Crippen molar-refractivity contribution in [2.45, 2.75) is 26.2 Å². The smallest absolute Gasteiger partial charge is 0.238 e. The lowest BCUT2D eigenvalue weighted by Crippen LogP contribution is -2.36. The number of hydrogen-bond donors (Lipinski definition) is 2. The third-order valence-electron chi connectivity index (χ3n) is 3.99. The predicted molar refractivity (Wildman–Crippen MR) is 106 cm³/mol. The highest BCUT2D eigenvalue weighted by atomic mass is 19.1. The molecule has 0 unspecified atom stereocenters. The second-order valence-corrected chi connectivity index (χ2v) is 7.60. The fraction of sp³-hybridized carbons (Fsp3) is 0.333. The van der Waals surface area contributed by atoms with E-state index in [2.05, 4.69) is 31.4 Å². The van der Waals surface area contributed by atoms with Crippen molar-refractivity contribution in [1.82, 2.24) is 4.90 Å². The quantitative estimate of drug-likeness (QED) is 0.815. The first-order chi connectivity index (χ1) is 12.6. The number of halogens is 1. The number of hydrogen-bond acceptors (Lipinski definition) is 3. The Hall–Kier alpha value is -2.73. The maximum absolute atomic E-state index is 12.9. The second kappa shape index (κ2) is 8.77. The van der Waals surface area contributed by atoms with Crippen LogP contribution in [-0.4, -0.2) is 36.9 Å². The normalized spacial score (nSPS) is 11.3. The summed E-state index contributed by atoms with van der Waals surface area (Å²) in [4.78, 5) is 25.8. The van der Waals surface area contributed by atoms with Crippen molar-refractivity contribution in [2.75, 3.05) is 30.8 Å². The van der Waals surface area contributed by atoms with E-state index in [0.717, 1.165) is 5.69 Å². The Morgan fingerprint density at radius 3 is 1.67 bits per heavy atom. The third-order valence-corrected chi connectivity index (χ3v) is 3.99. The van der Waals surface area contributed by atoms with Crippen LogP contribution in [0.3, 0.4) is 0 Å². The summed E-state index contributed by atoms with van der Waals surface area (Å²) < 4.78 is 12.9. The van der Waals surface area contributed by atoms with Gasteiger partial charge in [-0.05, 0) is 54.4 Å². The first-order valence-electron chi connectivity index (χ1n) is 8.78. The highest BCUT2D eigenvalue weighted by Gasteiger charge is 2.14. The van der Waals surface area contributed by atoms with Gasteiger partial charge in [0.05, 0.1) is 13.1 Å². The molecule has 0 aromatic heterocycles. The molecular formula is C21H26FN3O2. The van der Waals surface area contributed by atoms with Crippen molar-refractivity contribution < 1.29 is 14.0 Å². The van der Waals surface area contributed by atoms with Gasteiger partial charge in [0.1, 0.15) is 5.82 Å². The number of nitrogens with one attached hydrogen (secondary N) is 2. The summed E-state index contributed by atoms with van der Waals surface area (Å²) in [7, 11) is 1.69. The largest absolute Gasteiger partial charge is 0.325 e. The SMILES string of the molecule is CN(CC(=O)Nc1ccc(F)cc1)CC(=O)Nc1ccc(C(C)(C)C)cc1. The molecular weight excluding hydrogens is 345 g/mol. The zero-order chi connectivity index (χ0) is 20.0. The maximum atomic E-state index is 12.9. The number of carbonyl (C=O) groups is 2. The van der Waals surface area contributed by atoms with Gasteiger partial charge in [0.15, 0.2) is 0 Å². The summed E-state index contributed by atoms with van der Waals surface area (Å²) >= 11 is 0. The van der Waals surface area contributed by atoms with Crippen molar-refractivity contribution in [1.29, 1.82) is 0 Å². The van der Waals surface area contributed by atoms with Gasteiger partial charge in [0.2, 0.25) is 11.8 Å². The molecule has 0 fully saturated rings. The van der Waals surface area contributed by atoms with E-state index in [0.29, 0.717) is 5.69 Å². The van der Waals surface area contributed by atoms with Crippen molar-refractivity contribution in [2.24, 2.45) is 0 Å². The highest BCUT2D eigenvalue weighted by molar-refractivity contribution is 5.94. The Balaban J connectivity index is 1.80. The molecule has 0 radical (unpaired) electrons. The molecule has 0 spiro atoms. The Bertz CT molecular complexity index is 781. The Kier molecular flexibility index (Phi) is 6.69. The molecule has 5 nitrogen and oxygen atoms in total. The number of anilines is 2. The summed E-state index contributed by atoms with van der Waals surface area (Å²) in [5.74, 6) is -0.834. The minimum atomic E-state index is -0.364. The standard InChI is InChI=1S/C21H26FN3O2/c1-21(2,3)15-5-9-17(10-6-15)23-19(26)13-25(4)14-20(27)24-18-11-7-16(22)8-12-18/h5-12H,13-14H2,1-4H3,(H,23,26)(H,24,27). The number of nitrogens with zero attached hydrogens (tertiary/aromatic N) is 1. The van der Waals surface area contributed by atoms with Gasteiger partial charge in [-0.3, -0.25) is 14.5 Å². The first-order valence-corrected chi connectivity index (χ1v) is 8.78. The van der Waals surface area contributed by atoms with Crippen LogP contribution in [-0.2, 0) is 15.0 Å². The van der Waals surface area contributed by atoms with E-state index < -0.39 is 0 Å². The lowest BCUT2D eigenvalue weighted by Gasteiger charge is -2.19. The van der Waals surface area contributed by atoms with Gasteiger partial charge in [0, 0.05) is 11.4 Å². The molecule has 0 aliphatic carbocycles. The fourth-order valence-corrected chi connectivity index (χ4v) is 2.53. The van der Waals surface area contributed by atoms with Gasteiger partial charge in [0.25, 0.3) is 0 Å². The van der Waals surface area contributed by atoms with Crippen LogP contribution in [0.2, 0.25) is 0 Å². The lowest BCUT2D eigenvalue weighted by atomic mass is 9.87. The monoisotopic (exact) mass is 371 g/mol. The molecule has 0 saturated heterocycles. The minimum absolute atomic E-state index is 0.0494. The lowest BCUT2D eigenvalue weighted by molar-refractivity contribution is -0.119. The number of amides is 2. The van der Waals surface area contributed by atoms with E-state index in [1.807, 2.05) is 24.3 Å². The average molecular weight is 371 g/mol. The van der Waals surface area contributed by atoms with Crippen molar-refractivity contribution in [3.8, 4) is 0 Å². The average Bonchev–Trinajstić information content (AvgIpc) is 2.56. The van der Waals surface area contributed by atoms with Crippen LogP contribution < -0.4 is 10.6 Å². The fourth-order valence-electron chi connectivity index (χ4n) is 2.53. The van der Waals surface area contributed by atoms with Crippen LogP contribution in [0.5, 0.6) is 0 Å². The summed E-state index contributed by atoms with van der Waals surface area (Å²) in [5, 5.41) is 5.49. The number of rotatable bonds is 6. The van der Waals surface area contributed by atoms with E-state index in [-0.39, 0.29) is 36.1 Å². The maximum Gasteiger partial charge on any atom is 0.238 e. The molecule has 0 aliphatic rings. The molecule has 6 heteroatoms. The molecule has 0 saturated carbocycles. The van der Waals surface area contributed by atoms with Crippen molar-refractivity contribution >= 4 is 23.2 Å². The van der Waals surface area contributed by atoms with Gasteiger partial charge < -0.3 is 10.6 Å². The van der Waals surface area contributed by atoms with E-state index in [9.17, 15) is 14.0 Å². The molecule has 2 amide bonds. The van der Waals surface area contributed by atoms with Crippen LogP contribution in [0.25, 0.3) is 0 Å². The molecule has 27 heavy (non-hydrogen) atoms. The van der Waals surface area contributed by atoms with Gasteiger partial charge >= 0.3 is 0 Å². The van der Waals surface area contributed by atoms with E-state index >= 15 is 0 Å². The molecule has 2 N–H and O–H groups in total.